The van der Waals surface area contributed by atoms with Crippen LogP contribution in [0.2, 0.25) is 0 Å². The van der Waals surface area contributed by atoms with E-state index in [1.54, 1.807) is 0 Å². The lowest BCUT2D eigenvalue weighted by Gasteiger charge is -2.34. The van der Waals surface area contributed by atoms with Crippen LogP contribution in [0.1, 0.15) is 24.5 Å². The summed E-state index contributed by atoms with van der Waals surface area (Å²) in [7, 11) is 1.91. The van der Waals surface area contributed by atoms with Crippen LogP contribution in [0.25, 0.3) is 0 Å². The number of likely N-dealkylation sites (N-methyl/N-ethyl adjacent to an activating group) is 1. The van der Waals surface area contributed by atoms with E-state index in [1.807, 2.05) is 11.9 Å². The third-order valence-corrected chi connectivity index (χ3v) is 4.50. The molecular formula is C17H26F2N2O2. The minimum absolute atomic E-state index is 0.135. The molecule has 23 heavy (non-hydrogen) atoms. The zero-order valence-corrected chi connectivity index (χ0v) is 13.6. The van der Waals surface area contributed by atoms with Crippen molar-refractivity contribution < 1.29 is 19.0 Å². The molecule has 0 bridgehead atoms. The molecule has 1 aromatic carbocycles. The fourth-order valence-electron chi connectivity index (χ4n) is 3.21. The molecule has 6 heteroatoms. The number of rotatable bonds is 7. The molecule has 1 atom stereocenters. The van der Waals surface area contributed by atoms with E-state index in [-0.39, 0.29) is 12.2 Å². The minimum Gasteiger partial charge on any atom is -0.395 e. The number of aliphatic hydroxyl groups is 2. The largest absolute Gasteiger partial charge is 0.395 e. The highest BCUT2D eigenvalue weighted by molar-refractivity contribution is 5.21. The summed E-state index contributed by atoms with van der Waals surface area (Å²) in [5.41, 5.74) is 0.135. The SMILES string of the molecule is CN(CC1CCN(CCO)CC1)C[C@H](O)c1ccc(F)cc1F. The highest BCUT2D eigenvalue weighted by Crippen LogP contribution is 2.21. The van der Waals surface area contributed by atoms with Crippen molar-refractivity contribution >= 4 is 0 Å². The highest BCUT2D eigenvalue weighted by Gasteiger charge is 2.22. The van der Waals surface area contributed by atoms with Crippen LogP contribution in [0.3, 0.4) is 0 Å². The zero-order valence-electron chi connectivity index (χ0n) is 13.6. The van der Waals surface area contributed by atoms with Gasteiger partial charge in [0.15, 0.2) is 0 Å². The summed E-state index contributed by atoms with van der Waals surface area (Å²) in [6, 6.07) is 3.27. The zero-order chi connectivity index (χ0) is 16.8. The number of halogens is 2. The van der Waals surface area contributed by atoms with E-state index < -0.39 is 17.7 Å². The minimum atomic E-state index is -0.963. The Kier molecular flexibility index (Phi) is 6.89. The van der Waals surface area contributed by atoms with Gasteiger partial charge >= 0.3 is 0 Å². The fraction of sp³-hybridized carbons (Fsp3) is 0.647. The molecule has 1 aromatic rings. The Bertz CT molecular complexity index is 493. The molecule has 1 fully saturated rings. The Morgan fingerprint density at radius 2 is 2.00 bits per heavy atom. The maximum Gasteiger partial charge on any atom is 0.131 e. The molecule has 0 radical (unpaired) electrons. The first kappa shape index (κ1) is 18.3. The van der Waals surface area contributed by atoms with Gasteiger partial charge in [0.05, 0.1) is 12.7 Å². The van der Waals surface area contributed by atoms with Crippen LogP contribution in [0.5, 0.6) is 0 Å². The third kappa shape index (κ3) is 5.49. The van der Waals surface area contributed by atoms with Crippen molar-refractivity contribution in [2.24, 2.45) is 5.92 Å². The number of piperidine rings is 1. The van der Waals surface area contributed by atoms with Gasteiger partial charge in [-0.25, -0.2) is 8.78 Å². The maximum absolute atomic E-state index is 13.7. The quantitative estimate of drug-likeness (QED) is 0.799. The second-order valence-electron chi connectivity index (χ2n) is 6.41. The average Bonchev–Trinajstić information content (AvgIpc) is 2.49. The Morgan fingerprint density at radius 1 is 1.30 bits per heavy atom. The van der Waals surface area contributed by atoms with Crippen molar-refractivity contribution in [1.29, 1.82) is 0 Å². The van der Waals surface area contributed by atoms with Gasteiger partial charge in [0.2, 0.25) is 0 Å². The average molecular weight is 328 g/mol. The van der Waals surface area contributed by atoms with Crippen molar-refractivity contribution in [3.63, 3.8) is 0 Å². The van der Waals surface area contributed by atoms with E-state index in [9.17, 15) is 13.9 Å². The molecular weight excluding hydrogens is 302 g/mol. The van der Waals surface area contributed by atoms with Crippen molar-refractivity contribution in [2.75, 3.05) is 46.4 Å². The van der Waals surface area contributed by atoms with Crippen LogP contribution in [-0.2, 0) is 0 Å². The predicted molar refractivity (Wildman–Crippen MR) is 85.1 cm³/mol. The molecule has 0 amide bonds. The van der Waals surface area contributed by atoms with Gasteiger partial charge in [0.25, 0.3) is 0 Å². The van der Waals surface area contributed by atoms with Crippen LogP contribution >= 0.6 is 0 Å². The Labute approximate surface area is 136 Å². The number of hydrogen-bond donors (Lipinski definition) is 2. The third-order valence-electron chi connectivity index (χ3n) is 4.50. The van der Waals surface area contributed by atoms with Crippen LogP contribution in [0.4, 0.5) is 8.78 Å². The second kappa shape index (κ2) is 8.68. The van der Waals surface area contributed by atoms with E-state index in [0.29, 0.717) is 12.5 Å². The molecule has 1 aliphatic rings. The first-order valence-electron chi connectivity index (χ1n) is 8.14. The Balaban J connectivity index is 1.79. The molecule has 0 aliphatic carbocycles. The molecule has 130 valence electrons. The van der Waals surface area contributed by atoms with Crippen LogP contribution < -0.4 is 0 Å². The number of β-amino-alcohol motifs (C(OH)–C–C–N with tert-alkyl or cyclic N) is 1. The van der Waals surface area contributed by atoms with E-state index in [1.165, 1.54) is 12.1 Å². The molecule has 0 spiro atoms. The molecule has 1 saturated heterocycles. The van der Waals surface area contributed by atoms with Gasteiger partial charge in [-0.3, -0.25) is 0 Å². The van der Waals surface area contributed by atoms with Crippen molar-refractivity contribution in [3.05, 3.63) is 35.4 Å². The number of nitrogens with zero attached hydrogens (tertiary/aromatic N) is 2. The van der Waals surface area contributed by atoms with E-state index in [4.69, 9.17) is 5.11 Å². The first-order valence-corrected chi connectivity index (χ1v) is 8.14. The first-order chi connectivity index (χ1) is 11.0. The van der Waals surface area contributed by atoms with Crippen molar-refractivity contribution in [3.8, 4) is 0 Å². The summed E-state index contributed by atoms with van der Waals surface area (Å²) in [6.45, 7) is 4.04. The Hall–Kier alpha value is -1.08. The molecule has 1 heterocycles. The summed E-state index contributed by atoms with van der Waals surface area (Å²) in [5, 5.41) is 19.1. The van der Waals surface area contributed by atoms with Crippen molar-refractivity contribution in [2.45, 2.75) is 18.9 Å². The van der Waals surface area contributed by atoms with E-state index >= 15 is 0 Å². The van der Waals surface area contributed by atoms with Crippen LogP contribution in [-0.4, -0.2) is 66.4 Å². The number of benzene rings is 1. The lowest BCUT2D eigenvalue weighted by Crippen LogP contribution is -2.39. The smallest absolute Gasteiger partial charge is 0.131 e. The topological polar surface area (TPSA) is 46.9 Å². The van der Waals surface area contributed by atoms with Gasteiger partial charge in [-0.1, -0.05) is 6.07 Å². The lowest BCUT2D eigenvalue weighted by atomic mass is 9.96. The fourth-order valence-corrected chi connectivity index (χ4v) is 3.21. The van der Waals surface area contributed by atoms with Gasteiger partial charge in [-0.15, -0.1) is 0 Å². The molecule has 2 rings (SSSR count). The van der Waals surface area contributed by atoms with Crippen LogP contribution in [0, 0.1) is 17.6 Å². The summed E-state index contributed by atoms with van der Waals surface area (Å²) in [6.07, 6.45) is 1.16. The number of likely N-dealkylation sites (tertiary alicyclic amines) is 1. The van der Waals surface area contributed by atoms with Gasteiger partial charge in [0, 0.05) is 31.3 Å². The Morgan fingerprint density at radius 3 is 2.61 bits per heavy atom. The highest BCUT2D eigenvalue weighted by atomic mass is 19.1. The second-order valence-corrected chi connectivity index (χ2v) is 6.41. The number of aliphatic hydroxyl groups excluding tert-OH is 2. The van der Waals surface area contributed by atoms with Gasteiger partial charge in [-0.05, 0) is 45.0 Å². The van der Waals surface area contributed by atoms with Gasteiger partial charge in [0.1, 0.15) is 11.6 Å². The monoisotopic (exact) mass is 328 g/mol. The van der Waals surface area contributed by atoms with Gasteiger partial charge in [-0.2, -0.15) is 0 Å². The molecule has 1 aliphatic heterocycles. The normalized spacial score (nSPS) is 18.5. The molecule has 2 N–H and O–H groups in total. The van der Waals surface area contributed by atoms with E-state index in [2.05, 4.69) is 4.90 Å². The standard InChI is InChI=1S/C17H26F2N2O2/c1-20(11-13-4-6-21(7-5-13)8-9-22)12-17(23)15-3-2-14(18)10-16(15)19/h2-3,10,13,17,22-23H,4-9,11-12H2,1H3/t17-/m0/s1. The maximum atomic E-state index is 13.7. The van der Waals surface area contributed by atoms with E-state index in [0.717, 1.165) is 45.1 Å². The summed E-state index contributed by atoms with van der Waals surface area (Å²) in [5.74, 6) is -0.801. The molecule has 4 nitrogen and oxygen atoms in total. The van der Waals surface area contributed by atoms with Gasteiger partial charge < -0.3 is 20.0 Å². The molecule has 0 saturated carbocycles. The summed E-state index contributed by atoms with van der Waals surface area (Å²) >= 11 is 0. The predicted octanol–water partition coefficient (Wildman–Crippen LogP) is 1.63. The summed E-state index contributed by atoms with van der Waals surface area (Å²) < 4.78 is 26.6. The van der Waals surface area contributed by atoms with Crippen molar-refractivity contribution in [1.82, 2.24) is 9.80 Å². The molecule has 0 unspecified atom stereocenters. The van der Waals surface area contributed by atoms with Crippen LogP contribution in [0.15, 0.2) is 18.2 Å². The summed E-state index contributed by atoms with van der Waals surface area (Å²) in [4.78, 5) is 4.25. The lowest BCUT2D eigenvalue weighted by molar-refractivity contribution is 0.0950. The number of hydrogen-bond acceptors (Lipinski definition) is 4. The molecule has 0 aromatic heterocycles.